The lowest BCUT2D eigenvalue weighted by Gasteiger charge is -2.37. The predicted octanol–water partition coefficient (Wildman–Crippen LogP) is 1.38. The van der Waals surface area contributed by atoms with Crippen LogP contribution in [0.15, 0.2) is 12.8 Å². The molecule has 2 fully saturated rings. The molecule has 0 bridgehead atoms. The summed E-state index contributed by atoms with van der Waals surface area (Å²) in [7, 11) is 0. The second-order valence-corrected chi connectivity index (χ2v) is 4.93. The molecule has 0 aromatic carbocycles. The van der Waals surface area contributed by atoms with Crippen LogP contribution in [-0.4, -0.2) is 54.1 Å². The number of aliphatic hydroxyl groups excluding tert-OH is 2. The van der Waals surface area contributed by atoms with Gasteiger partial charge in [0.2, 0.25) is 0 Å². The van der Waals surface area contributed by atoms with Gasteiger partial charge in [0.15, 0.2) is 0 Å². The maximum absolute atomic E-state index is 7.62. The molecule has 1 heterocycles. The van der Waals surface area contributed by atoms with Gasteiger partial charge in [-0.05, 0) is 25.0 Å². The predicted molar refractivity (Wildman–Crippen MR) is 72.3 cm³/mol. The van der Waals surface area contributed by atoms with Crippen molar-refractivity contribution in [3.05, 3.63) is 12.8 Å². The molecule has 1 aliphatic heterocycles. The number of ether oxygens (including phenoxy) is 1. The monoisotopic (exact) mass is 257 g/mol. The molecule has 0 aromatic rings. The Morgan fingerprint density at radius 3 is 2.39 bits per heavy atom. The van der Waals surface area contributed by atoms with Gasteiger partial charge in [0.25, 0.3) is 0 Å². The zero-order valence-corrected chi connectivity index (χ0v) is 11.3. The van der Waals surface area contributed by atoms with E-state index >= 15 is 0 Å². The number of rotatable bonds is 3. The number of aliphatic hydroxyl groups is 2. The lowest BCUT2D eigenvalue weighted by molar-refractivity contribution is -0.0520. The van der Waals surface area contributed by atoms with Gasteiger partial charge in [-0.3, -0.25) is 0 Å². The maximum atomic E-state index is 7.62. The minimum Gasteiger partial charge on any atom is -0.394 e. The molecule has 0 radical (unpaired) electrons. The smallest absolute Gasteiger partial charge is 0.0778 e. The molecule has 1 atom stereocenters. The van der Waals surface area contributed by atoms with Gasteiger partial charge in [0.1, 0.15) is 0 Å². The van der Waals surface area contributed by atoms with Crippen LogP contribution in [0.2, 0.25) is 0 Å². The van der Waals surface area contributed by atoms with E-state index in [2.05, 4.69) is 11.5 Å². The van der Waals surface area contributed by atoms with Crippen molar-refractivity contribution in [2.24, 2.45) is 5.92 Å². The van der Waals surface area contributed by atoms with Gasteiger partial charge in [0.05, 0.1) is 25.9 Å². The third-order valence-corrected chi connectivity index (χ3v) is 3.66. The lowest BCUT2D eigenvalue weighted by atomic mass is 9.84. The zero-order chi connectivity index (χ0) is 13.2. The highest BCUT2D eigenvalue weighted by atomic mass is 16.5. The molecule has 1 saturated heterocycles. The minimum atomic E-state index is -0.125. The molecule has 0 aromatic heterocycles. The Morgan fingerprint density at radius 2 is 1.83 bits per heavy atom. The Kier molecular flexibility index (Phi) is 8.05. The number of nitrogens with zero attached hydrogens (tertiary/aromatic N) is 1. The molecule has 1 unspecified atom stereocenters. The van der Waals surface area contributed by atoms with Crippen molar-refractivity contribution >= 4 is 0 Å². The van der Waals surface area contributed by atoms with Crippen LogP contribution in [0.3, 0.4) is 0 Å². The summed E-state index contributed by atoms with van der Waals surface area (Å²) in [6.45, 7) is 6.55. The summed E-state index contributed by atoms with van der Waals surface area (Å²) in [5.41, 5.74) is 0. The summed E-state index contributed by atoms with van der Waals surface area (Å²) in [5, 5.41) is 15.2. The lowest BCUT2D eigenvalue weighted by Crippen LogP contribution is -2.43. The van der Waals surface area contributed by atoms with Crippen LogP contribution in [-0.2, 0) is 4.74 Å². The van der Waals surface area contributed by atoms with Gasteiger partial charge in [-0.15, -0.1) is 0 Å². The van der Waals surface area contributed by atoms with Crippen molar-refractivity contribution in [2.45, 2.75) is 38.2 Å². The Hall–Kier alpha value is -0.580. The van der Waals surface area contributed by atoms with E-state index in [4.69, 9.17) is 14.9 Å². The van der Waals surface area contributed by atoms with Crippen molar-refractivity contribution in [1.29, 1.82) is 0 Å². The van der Waals surface area contributed by atoms with E-state index in [1.165, 1.54) is 32.1 Å². The fourth-order valence-corrected chi connectivity index (χ4v) is 2.65. The Bertz CT molecular complexity index is 215. The topological polar surface area (TPSA) is 52.9 Å². The van der Waals surface area contributed by atoms with Gasteiger partial charge in [-0.25, -0.2) is 0 Å². The molecular weight excluding hydrogens is 230 g/mol. The van der Waals surface area contributed by atoms with Gasteiger partial charge in [-0.1, -0.05) is 25.8 Å². The van der Waals surface area contributed by atoms with Crippen molar-refractivity contribution in [2.75, 3.05) is 32.9 Å². The first-order chi connectivity index (χ1) is 8.81. The fraction of sp³-hybridized carbons (Fsp3) is 0.857. The summed E-state index contributed by atoms with van der Waals surface area (Å²) >= 11 is 0. The minimum absolute atomic E-state index is 0.125. The molecule has 4 heteroatoms. The van der Waals surface area contributed by atoms with Crippen LogP contribution in [0.4, 0.5) is 0 Å². The average Bonchev–Trinajstić information content (AvgIpc) is 2.48. The number of hydrogen-bond donors (Lipinski definition) is 2. The van der Waals surface area contributed by atoms with Crippen molar-refractivity contribution in [1.82, 2.24) is 4.90 Å². The van der Waals surface area contributed by atoms with Gasteiger partial charge >= 0.3 is 0 Å². The number of hydrogen-bond acceptors (Lipinski definition) is 4. The molecule has 1 aliphatic carbocycles. The van der Waals surface area contributed by atoms with Crippen molar-refractivity contribution < 1.29 is 14.9 Å². The second-order valence-electron chi connectivity index (χ2n) is 4.93. The summed E-state index contributed by atoms with van der Waals surface area (Å²) in [4.78, 5) is 2.29. The molecule has 1 saturated carbocycles. The second kappa shape index (κ2) is 9.36. The van der Waals surface area contributed by atoms with Crippen LogP contribution in [0.1, 0.15) is 32.1 Å². The largest absolute Gasteiger partial charge is 0.394 e. The van der Waals surface area contributed by atoms with Crippen LogP contribution in [0.25, 0.3) is 0 Å². The molecule has 2 rings (SSSR count). The normalized spacial score (nSPS) is 25.2. The summed E-state index contributed by atoms with van der Waals surface area (Å²) in [5.74, 6) is 0.812. The van der Waals surface area contributed by atoms with E-state index in [9.17, 15) is 0 Å². The van der Waals surface area contributed by atoms with Gasteiger partial charge in [0, 0.05) is 13.1 Å². The van der Waals surface area contributed by atoms with Gasteiger partial charge in [-0.2, -0.15) is 0 Å². The fourth-order valence-electron chi connectivity index (χ4n) is 2.65. The van der Waals surface area contributed by atoms with E-state index in [1.54, 1.807) is 0 Å². The Morgan fingerprint density at radius 1 is 1.17 bits per heavy atom. The van der Waals surface area contributed by atoms with Crippen molar-refractivity contribution in [3.8, 4) is 0 Å². The average molecular weight is 257 g/mol. The number of morpholine rings is 1. The molecule has 0 amide bonds. The highest BCUT2D eigenvalue weighted by molar-refractivity contribution is 4.83. The first-order valence-corrected chi connectivity index (χ1v) is 7.01. The van der Waals surface area contributed by atoms with Crippen LogP contribution in [0.5, 0.6) is 0 Å². The van der Waals surface area contributed by atoms with E-state index in [1.807, 2.05) is 6.20 Å². The Balaban J connectivity index is 0.000000357. The molecule has 0 spiro atoms. The zero-order valence-electron chi connectivity index (χ0n) is 11.3. The van der Waals surface area contributed by atoms with Crippen LogP contribution in [0, 0.1) is 5.92 Å². The highest BCUT2D eigenvalue weighted by Gasteiger charge is 2.27. The summed E-state index contributed by atoms with van der Waals surface area (Å²) < 4.78 is 5.86. The van der Waals surface area contributed by atoms with Crippen molar-refractivity contribution in [3.63, 3.8) is 0 Å². The third kappa shape index (κ3) is 5.38. The molecular formula is C14H27NO3. The standard InChI is InChI=1S/C12H21NO.C2H6O2/c1-2-13-8-9-14-12(10-13)11-6-4-3-5-7-11;3-1-2-4/h2,11-12H,1,3-10H2;3-4H,1-2H2. The SMILES string of the molecule is C=CN1CCOC(C2CCCCC2)C1.OCCO. The molecule has 2 N–H and O–H groups in total. The van der Waals surface area contributed by atoms with Gasteiger partial charge < -0.3 is 19.8 Å². The van der Waals surface area contributed by atoms with Crippen LogP contribution < -0.4 is 0 Å². The molecule has 18 heavy (non-hydrogen) atoms. The van der Waals surface area contributed by atoms with E-state index < -0.39 is 0 Å². The molecule has 106 valence electrons. The maximum Gasteiger partial charge on any atom is 0.0778 e. The first-order valence-electron chi connectivity index (χ1n) is 7.01. The molecule has 2 aliphatic rings. The highest BCUT2D eigenvalue weighted by Crippen LogP contribution is 2.29. The Labute approximate surface area is 110 Å². The summed E-state index contributed by atoms with van der Waals surface area (Å²) in [6.07, 6.45) is 9.40. The van der Waals surface area contributed by atoms with Crippen LogP contribution >= 0.6 is 0 Å². The quantitative estimate of drug-likeness (QED) is 0.802. The van der Waals surface area contributed by atoms with E-state index in [0.29, 0.717) is 6.10 Å². The van der Waals surface area contributed by atoms with E-state index in [-0.39, 0.29) is 13.2 Å². The third-order valence-electron chi connectivity index (χ3n) is 3.66. The first kappa shape index (κ1) is 15.5. The van der Waals surface area contributed by atoms with E-state index in [0.717, 1.165) is 25.6 Å². The summed E-state index contributed by atoms with van der Waals surface area (Å²) in [6, 6.07) is 0. The molecule has 4 nitrogen and oxygen atoms in total.